The Bertz CT molecular complexity index is 604. The van der Waals surface area contributed by atoms with Gasteiger partial charge in [-0.05, 0) is 25.1 Å². The highest BCUT2D eigenvalue weighted by atomic mass is 16.6. The first-order chi connectivity index (χ1) is 9.04. The minimum absolute atomic E-state index is 0.0132. The van der Waals surface area contributed by atoms with Gasteiger partial charge >= 0.3 is 0 Å². The van der Waals surface area contributed by atoms with Crippen LogP contribution in [-0.2, 0) is 11.3 Å². The fraction of sp³-hybridized carbons (Fsp3) is 0.167. The first-order valence-electron chi connectivity index (χ1n) is 5.59. The van der Waals surface area contributed by atoms with Crippen molar-refractivity contribution in [1.82, 2.24) is 9.78 Å². The number of anilines is 1. The number of hydrogen-bond acceptors (Lipinski definition) is 4. The zero-order valence-electron chi connectivity index (χ0n) is 10.2. The molecular weight excluding hydrogens is 248 g/mol. The Morgan fingerprint density at radius 1 is 1.37 bits per heavy atom. The van der Waals surface area contributed by atoms with Gasteiger partial charge in [0.1, 0.15) is 6.54 Å². The maximum atomic E-state index is 11.7. The van der Waals surface area contributed by atoms with Gasteiger partial charge < -0.3 is 5.32 Å². The van der Waals surface area contributed by atoms with Crippen molar-refractivity contribution in [3.63, 3.8) is 0 Å². The number of carbonyl (C=O) groups excluding carboxylic acids is 1. The largest absolute Gasteiger partial charge is 0.324 e. The molecule has 7 heteroatoms. The number of rotatable bonds is 4. The summed E-state index contributed by atoms with van der Waals surface area (Å²) in [5, 5.41) is 17.2. The summed E-state index contributed by atoms with van der Waals surface area (Å²) in [7, 11) is 0. The Morgan fingerprint density at radius 2 is 2.05 bits per heavy atom. The molecule has 0 aliphatic rings. The number of non-ortho nitro benzene ring substituents is 1. The third-order valence-electron chi connectivity index (χ3n) is 2.44. The lowest BCUT2D eigenvalue weighted by Gasteiger charge is -2.05. The lowest BCUT2D eigenvalue weighted by Crippen LogP contribution is -2.19. The van der Waals surface area contributed by atoms with Crippen molar-refractivity contribution in [3.8, 4) is 0 Å². The van der Waals surface area contributed by atoms with Crippen LogP contribution in [0.1, 0.15) is 5.69 Å². The van der Waals surface area contributed by atoms with Gasteiger partial charge in [0.15, 0.2) is 0 Å². The number of hydrogen-bond donors (Lipinski definition) is 1. The van der Waals surface area contributed by atoms with Crippen molar-refractivity contribution in [1.29, 1.82) is 0 Å². The molecule has 0 fully saturated rings. The number of aromatic nitrogens is 2. The summed E-state index contributed by atoms with van der Waals surface area (Å²) in [5.41, 5.74) is 1.34. The standard InChI is InChI=1S/C12H12N4O3/c1-9-6-7-15(14-9)8-12(17)13-10-2-4-11(5-3-10)16(18)19/h2-7H,8H2,1H3,(H,13,17). The second kappa shape index (κ2) is 5.30. The molecule has 1 N–H and O–H groups in total. The lowest BCUT2D eigenvalue weighted by molar-refractivity contribution is -0.384. The van der Waals surface area contributed by atoms with Gasteiger partial charge in [-0.3, -0.25) is 19.6 Å². The summed E-state index contributed by atoms with van der Waals surface area (Å²) in [6.45, 7) is 1.94. The van der Waals surface area contributed by atoms with E-state index in [0.717, 1.165) is 5.69 Å². The van der Waals surface area contributed by atoms with Crippen LogP contribution in [0.3, 0.4) is 0 Å². The van der Waals surface area contributed by atoms with Crippen molar-refractivity contribution >= 4 is 17.3 Å². The van der Waals surface area contributed by atoms with Crippen LogP contribution in [0.15, 0.2) is 36.5 Å². The van der Waals surface area contributed by atoms with Gasteiger partial charge in [-0.15, -0.1) is 0 Å². The minimum atomic E-state index is -0.488. The normalized spacial score (nSPS) is 10.2. The Kier molecular flexibility index (Phi) is 3.56. The van der Waals surface area contributed by atoms with Crippen LogP contribution in [0.5, 0.6) is 0 Å². The van der Waals surface area contributed by atoms with Crippen LogP contribution in [-0.4, -0.2) is 20.6 Å². The lowest BCUT2D eigenvalue weighted by atomic mass is 10.3. The van der Waals surface area contributed by atoms with Gasteiger partial charge in [0.25, 0.3) is 5.69 Å². The number of nitro groups is 1. The summed E-state index contributed by atoms with van der Waals surface area (Å²) >= 11 is 0. The molecule has 0 radical (unpaired) electrons. The fourth-order valence-corrected chi connectivity index (χ4v) is 1.57. The summed E-state index contributed by atoms with van der Waals surface area (Å²) in [5.74, 6) is -0.239. The van der Waals surface area contributed by atoms with Gasteiger partial charge in [-0.1, -0.05) is 0 Å². The Labute approximate surface area is 109 Å². The molecule has 1 aromatic heterocycles. The molecule has 0 atom stereocenters. The number of nitrogens with one attached hydrogen (secondary N) is 1. The van der Waals surface area contributed by atoms with Crippen molar-refractivity contribution in [2.24, 2.45) is 0 Å². The van der Waals surface area contributed by atoms with E-state index in [0.29, 0.717) is 5.69 Å². The van der Waals surface area contributed by atoms with Crippen LogP contribution in [0.4, 0.5) is 11.4 Å². The first-order valence-corrected chi connectivity index (χ1v) is 5.59. The second-order valence-corrected chi connectivity index (χ2v) is 4.01. The van der Waals surface area contributed by atoms with E-state index in [1.165, 1.54) is 28.9 Å². The van der Waals surface area contributed by atoms with Gasteiger partial charge in [-0.25, -0.2) is 0 Å². The van der Waals surface area contributed by atoms with E-state index in [9.17, 15) is 14.9 Å². The zero-order chi connectivity index (χ0) is 13.8. The quantitative estimate of drug-likeness (QED) is 0.669. The van der Waals surface area contributed by atoms with E-state index in [1.807, 2.05) is 6.92 Å². The number of nitro benzene ring substituents is 1. The van der Waals surface area contributed by atoms with E-state index < -0.39 is 4.92 Å². The number of carbonyl (C=O) groups is 1. The monoisotopic (exact) mass is 260 g/mol. The Balaban J connectivity index is 1.97. The van der Waals surface area contributed by atoms with E-state index in [2.05, 4.69) is 10.4 Å². The molecule has 0 saturated heterocycles. The van der Waals surface area contributed by atoms with E-state index in [1.54, 1.807) is 12.3 Å². The second-order valence-electron chi connectivity index (χ2n) is 4.01. The summed E-state index contributed by atoms with van der Waals surface area (Å²) in [6.07, 6.45) is 1.71. The van der Waals surface area contributed by atoms with Crippen LogP contribution in [0, 0.1) is 17.0 Å². The summed E-state index contributed by atoms with van der Waals surface area (Å²) in [4.78, 5) is 21.7. The maximum Gasteiger partial charge on any atom is 0.269 e. The van der Waals surface area contributed by atoms with Crippen molar-refractivity contribution < 1.29 is 9.72 Å². The third-order valence-corrected chi connectivity index (χ3v) is 2.44. The molecule has 0 unspecified atom stereocenters. The molecule has 2 rings (SSSR count). The van der Waals surface area contributed by atoms with Gasteiger partial charge in [0, 0.05) is 24.0 Å². The molecule has 19 heavy (non-hydrogen) atoms. The van der Waals surface area contributed by atoms with Gasteiger partial charge in [0.2, 0.25) is 5.91 Å². The molecule has 0 saturated carbocycles. The van der Waals surface area contributed by atoms with Crippen LogP contribution >= 0.6 is 0 Å². The molecule has 0 aliphatic carbocycles. The topological polar surface area (TPSA) is 90.1 Å². The van der Waals surface area contributed by atoms with Gasteiger partial charge in [0.05, 0.1) is 10.6 Å². The smallest absolute Gasteiger partial charge is 0.269 e. The number of amides is 1. The number of benzene rings is 1. The molecule has 0 aliphatic heterocycles. The average Bonchev–Trinajstić information content (AvgIpc) is 2.75. The van der Waals surface area contributed by atoms with Crippen LogP contribution in [0.2, 0.25) is 0 Å². The zero-order valence-corrected chi connectivity index (χ0v) is 10.2. The third kappa shape index (κ3) is 3.38. The minimum Gasteiger partial charge on any atom is -0.324 e. The molecule has 98 valence electrons. The predicted molar refractivity (Wildman–Crippen MR) is 68.7 cm³/mol. The van der Waals surface area contributed by atoms with E-state index in [-0.39, 0.29) is 18.1 Å². The highest BCUT2D eigenvalue weighted by Crippen LogP contribution is 2.15. The van der Waals surface area contributed by atoms with Crippen molar-refractivity contribution in [3.05, 3.63) is 52.3 Å². The van der Waals surface area contributed by atoms with Crippen LogP contribution < -0.4 is 5.32 Å². The molecule has 0 spiro atoms. The highest BCUT2D eigenvalue weighted by molar-refractivity contribution is 5.90. The molecule has 1 heterocycles. The number of nitrogens with zero attached hydrogens (tertiary/aromatic N) is 3. The molecular formula is C12H12N4O3. The molecule has 2 aromatic rings. The summed E-state index contributed by atoms with van der Waals surface area (Å²) < 4.78 is 1.52. The number of aryl methyl sites for hydroxylation is 1. The van der Waals surface area contributed by atoms with E-state index >= 15 is 0 Å². The van der Waals surface area contributed by atoms with Crippen molar-refractivity contribution in [2.75, 3.05) is 5.32 Å². The van der Waals surface area contributed by atoms with Crippen LogP contribution in [0.25, 0.3) is 0 Å². The fourth-order valence-electron chi connectivity index (χ4n) is 1.57. The van der Waals surface area contributed by atoms with Gasteiger partial charge in [-0.2, -0.15) is 5.10 Å². The Hall–Kier alpha value is -2.70. The van der Waals surface area contributed by atoms with Crippen molar-refractivity contribution in [2.45, 2.75) is 13.5 Å². The molecule has 1 aromatic carbocycles. The SMILES string of the molecule is Cc1ccn(CC(=O)Nc2ccc([N+](=O)[O-])cc2)n1. The first kappa shape index (κ1) is 12.7. The molecule has 0 bridgehead atoms. The average molecular weight is 260 g/mol. The Morgan fingerprint density at radius 3 is 2.58 bits per heavy atom. The molecule has 7 nitrogen and oxygen atoms in total. The highest BCUT2D eigenvalue weighted by Gasteiger charge is 2.07. The molecule has 1 amide bonds. The maximum absolute atomic E-state index is 11.7. The predicted octanol–water partition coefficient (Wildman–Crippen LogP) is 1.74. The summed E-state index contributed by atoms with van der Waals surface area (Å²) in [6, 6.07) is 7.47. The van der Waals surface area contributed by atoms with E-state index in [4.69, 9.17) is 0 Å².